The number of fused-ring (bicyclic) bond motifs is 1. The SMILES string of the molecule is COc1ccc(Cn2c(=O)[nH]c3ccc(Cl)cc3c2=O)c(OC)c1. The maximum Gasteiger partial charge on any atom is 0.329 e. The Kier molecular flexibility index (Phi) is 4.31. The molecule has 1 aromatic heterocycles. The predicted molar refractivity (Wildman–Crippen MR) is 92.5 cm³/mol. The van der Waals surface area contributed by atoms with Crippen LogP contribution in [0.3, 0.4) is 0 Å². The number of hydrogen-bond donors (Lipinski definition) is 1. The van der Waals surface area contributed by atoms with E-state index in [-0.39, 0.29) is 6.54 Å². The van der Waals surface area contributed by atoms with Crippen LogP contribution >= 0.6 is 11.6 Å². The van der Waals surface area contributed by atoms with Crippen LogP contribution in [-0.2, 0) is 6.54 Å². The Morgan fingerprint density at radius 3 is 2.58 bits per heavy atom. The molecule has 0 radical (unpaired) electrons. The topological polar surface area (TPSA) is 73.3 Å². The highest BCUT2D eigenvalue weighted by atomic mass is 35.5. The Morgan fingerprint density at radius 1 is 1.08 bits per heavy atom. The van der Waals surface area contributed by atoms with Gasteiger partial charge in [0.15, 0.2) is 0 Å². The second-order valence-corrected chi connectivity index (χ2v) is 5.63. The lowest BCUT2D eigenvalue weighted by atomic mass is 10.2. The number of halogens is 1. The lowest BCUT2D eigenvalue weighted by Crippen LogP contribution is -2.35. The summed E-state index contributed by atoms with van der Waals surface area (Å²) in [5.74, 6) is 1.16. The third-order valence-electron chi connectivity index (χ3n) is 3.77. The number of rotatable bonds is 4. The number of aromatic nitrogens is 2. The zero-order valence-electron chi connectivity index (χ0n) is 13.1. The highest BCUT2D eigenvalue weighted by molar-refractivity contribution is 6.31. The van der Waals surface area contributed by atoms with Gasteiger partial charge in [0.2, 0.25) is 0 Å². The van der Waals surface area contributed by atoms with Crippen molar-refractivity contribution in [2.24, 2.45) is 0 Å². The van der Waals surface area contributed by atoms with Gasteiger partial charge in [-0.1, -0.05) is 11.6 Å². The van der Waals surface area contributed by atoms with E-state index in [2.05, 4.69) is 4.98 Å². The Morgan fingerprint density at radius 2 is 1.88 bits per heavy atom. The van der Waals surface area contributed by atoms with E-state index in [1.807, 2.05) is 0 Å². The highest BCUT2D eigenvalue weighted by Gasteiger charge is 2.12. The molecule has 3 aromatic rings. The predicted octanol–water partition coefficient (Wildman–Crippen LogP) is 2.41. The molecule has 1 heterocycles. The molecule has 0 spiro atoms. The van der Waals surface area contributed by atoms with E-state index in [1.165, 1.54) is 13.2 Å². The zero-order valence-corrected chi connectivity index (χ0v) is 13.9. The quantitative estimate of drug-likeness (QED) is 0.787. The van der Waals surface area contributed by atoms with Crippen LogP contribution in [0.15, 0.2) is 46.0 Å². The first-order chi connectivity index (χ1) is 11.5. The number of ether oxygens (including phenoxy) is 2. The summed E-state index contributed by atoms with van der Waals surface area (Å²) in [5.41, 5.74) is 0.237. The van der Waals surface area contributed by atoms with Crippen LogP contribution < -0.4 is 20.7 Å². The molecule has 0 aliphatic rings. The van der Waals surface area contributed by atoms with Gasteiger partial charge in [-0.3, -0.25) is 9.36 Å². The Labute approximate surface area is 142 Å². The Balaban J connectivity index is 2.14. The van der Waals surface area contributed by atoms with Crippen molar-refractivity contribution in [3.63, 3.8) is 0 Å². The van der Waals surface area contributed by atoms with Crippen LogP contribution in [0.1, 0.15) is 5.56 Å². The molecule has 0 aliphatic heterocycles. The first-order valence-corrected chi connectivity index (χ1v) is 7.54. The third kappa shape index (κ3) is 2.88. The molecule has 0 atom stereocenters. The highest BCUT2D eigenvalue weighted by Crippen LogP contribution is 2.24. The van der Waals surface area contributed by atoms with Crippen molar-refractivity contribution in [2.75, 3.05) is 14.2 Å². The standard InChI is InChI=1S/C17H15ClN2O4/c1-23-12-5-3-10(15(8-12)24-2)9-20-16(21)13-7-11(18)4-6-14(13)19-17(20)22/h3-8H,9H2,1-2H3,(H,19,22). The first kappa shape index (κ1) is 16.1. The summed E-state index contributed by atoms with van der Waals surface area (Å²) in [6.45, 7) is 0.0732. The number of nitrogens with one attached hydrogen (secondary N) is 1. The van der Waals surface area contributed by atoms with Crippen molar-refractivity contribution in [3.8, 4) is 11.5 Å². The van der Waals surface area contributed by atoms with Gasteiger partial charge in [-0.25, -0.2) is 4.79 Å². The number of nitrogens with zero attached hydrogens (tertiary/aromatic N) is 1. The largest absolute Gasteiger partial charge is 0.497 e. The minimum Gasteiger partial charge on any atom is -0.497 e. The Bertz CT molecular complexity index is 1020. The van der Waals surface area contributed by atoms with E-state index in [0.717, 1.165) is 4.57 Å². The summed E-state index contributed by atoms with van der Waals surface area (Å²) in [6, 6.07) is 9.97. The zero-order chi connectivity index (χ0) is 17.3. The molecule has 0 amide bonds. The van der Waals surface area contributed by atoms with E-state index in [9.17, 15) is 9.59 Å². The lowest BCUT2D eigenvalue weighted by molar-refractivity contribution is 0.390. The molecule has 6 nitrogen and oxygen atoms in total. The minimum absolute atomic E-state index is 0.0732. The van der Waals surface area contributed by atoms with Gasteiger partial charge in [0.25, 0.3) is 5.56 Å². The average Bonchev–Trinajstić information content (AvgIpc) is 2.59. The molecule has 0 unspecified atom stereocenters. The third-order valence-corrected chi connectivity index (χ3v) is 4.00. The van der Waals surface area contributed by atoms with Gasteiger partial charge in [0, 0.05) is 16.7 Å². The van der Waals surface area contributed by atoms with Crippen molar-refractivity contribution < 1.29 is 9.47 Å². The molecule has 1 N–H and O–H groups in total. The van der Waals surface area contributed by atoms with Crippen molar-refractivity contribution >= 4 is 22.5 Å². The van der Waals surface area contributed by atoms with Gasteiger partial charge in [0.05, 0.1) is 31.7 Å². The van der Waals surface area contributed by atoms with Crippen LogP contribution in [-0.4, -0.2) is 23.8 Å². The molecule has 124 valence electrons. The molecule has 0 aliphatic carbocycles. The van der Waals surface area contributed by atoms with Crippen LogP contribution in [0.25, 0.3) is 10.9 Å². The molecule has 0 saturated carbocycles. The van der Waals surface area contributed by atoms with E-state index < -0.39 is 11.2 Å². The fourth-order valence-corrected chi connectivity index (χ4v) is 2.69. The normalized spacial score (nSPS) is 10.8. The molecule has 3 rings (SSSR count). The summed E-state index contributed by atoms with van der Waals surface area (Å²) in [6.07, 6.45) is 0. The fourth-order valence-electron chi connectivity index (χ4n) is 2.52. The van der Waals surface area contributed by atoms with Gasteiger partial charge in [-0.2, -0.15) is 0 Å². The summed E-state index contributed by atoms with van der Waals surface area (Å²) >= 11 is 5.95. The van der Waals surface area contributed by atoms with Gasteiger partial charge in [0.1, 0.15) is 11.5 Å². The average molecular weight is 347 g/mol. The van der Waals surface area contributed by atoms with Crippen molar-refractivity contribution in [2.45, 2.75) is 6.54 Å². The molecule has 0 saturated heterocycles. The molecule has 0 bridgehead atoms. The molecule has 0 fully saturated rings. The molecule has 2 aromatic carbocycles. The maximum absolute atomic E-state index is 12.6. The first-order valence-electron chi connectivity index (χ1n) is 7.17. The summed E-state index contributed by atoms with van der Waals surface area (Å²) in [5, 5.41) is 0.787. The second kappa shape index (κ2) is 6.41. The number of H-pyrrole nitrogens is 1. The smallest absolute Gasteiger partial charge is 0.329 e. The second-order valence-electron chi connectivity index (χ2n) is 5.19. The molecule has 24 heavy (non-hydrogen) atoms. The van der Waals surface area contributed by atoms with Crippen LogP contribution in [0.5, 0.6) is 11.5 Å². The molecule has 7 heteroatoms. The van der Waals surface area contributed by atoms with Crippen LogP contribution in [0.4, 0.5) is 0 Å². The van der Waals surface area contributed by atoms with E-state index in [1.54, 1.807) is 37.4 Å². The van der Waals surface area contributed by atoms with Gasteiger partial charge in [-0.15, -0.1) is 0 Å². The fraction of sp³-hybridized carbons (Fsp3) is 0.176. The van der Waals surface area contributed by atoms with Crippen molar-refractivity contribution in [3.05, 3.63) is 67.8 Å². The summed E-state index contributed by atoms with van der Waals surface area (Å²) in [7, 11) is 3.07. The number of hydrogen-bond acceptors (Lipinski definition) is 4. The minimum atomic E-state index is -0.493. The van der Waals surface area contributed by atoms with Crippen molar-refractivity contribution in [1.82, 2.24) is 9.55 Å². The van der Waals surface area contributed by atoms with Gasteiger partial charge >= 0.3 is 5.69 Å². The Hall–Kier alpha value is -2.73. The number of benzene rings is 2. The number of aromatic amines is 1. The van der Waals surface area contributed by atoms with Gasteiger partial charge < -0.3 is 14.5 Å². The maximum atomic E-state index is 12.6. The number of methoxy groups -OCH3 is 2. The lowest BCUT2D eigenvalue weighted by Gasteiger charge is -2.12. The van der Waals surface area contributed by atoms with E-state index >= 15 is 0 Å². The van der Waals surface area contributed by atoms with Gasteiger partial charge in [-0.05, 0) is 30.3 Å². The summed E-state index contributed by atoms with van der Waals surface area (Å²) in [4.78, 5) is 27.6. The molecular formula is C17H15ClN2O4. The summed E-state index contributed by atoms with van der Waals surface area (Å²) < 4.78 is 11.6. The van der Waals surface area contributed by atoms with Crippen LogP contribution in [0.2, 0.25) is 5.02 Å². The van der Waals surface area contributed by atoms with E-state index in [4.69, 9.17) is 21.1 Å². The van der Waals surface area contributed by atoms with Crippen molar-refractivity contribution in [1.29, 1.82) is 0 Å². The van der Waals surface area contributed by atoms with E-state index in [0.29, 0.717) is 33.0 Å². The van der Waals surface area contributed by atoms with Crippen LogP contribution in [0, 0.1) is 0 Å². The monoisotopic (exact) mass is 346 g/mol. The molecular weight excluding hydrogens is 332 g/mol.